The van der Waals surface area contributed by atoms with Crippen LogP contribution >= 0.6 is 11.6 Å². The molecule has 4 nitrogen and oxygen atoms in total. The van der Waals surface area contributed by atoms with E-state index in [0.29, 0.717) is 0 Å². The Morgan fingerprint density at radius 1 is 1.40 bits per heavy atom. The summed E-state index contributed by atoms with van der Waals surface area (Å²) in [5.41, 5.74) is -1.41. The van der Waals surface area contributed by atoms with Crippen molar-refractivity contribution in [1.29, 1.82) is 0 Å². The lowest BCUT2D eigenvalue weighted by molar-refractivity contribution is 0.0152. The van der Waals surface area contributed by atoms with Crippen molar-refractivity contribution in [3.8, 4) is 0 Å². The highest BCUT2D eigenvalue weighted by Gasteiger charge is 2.39. The maximum Gasteiger partial charge on any atom is 0.199 e. The van der Waals surface area contributed by atoms with Gasteiger partial charge in [-0.05, 0) is 19.1 Å². The molecule has 0 saturated carbocycles. The normalized spacial score (nSPS) is 22.5. The van der Waals surface area contributed by atoms with E-state index in [2.05, 4.69) is 5.16 Å². The Hall–Kier alpha value is -1.21. The van der Waals surface area contributed by atoms with Gasteiger partial charge in [0.15, 0.2) is 20.5 Å². The predicted molar refractivity (Wildman–Crippen MR) is 71.2 cm³/mol. The molecule has 0 aromatic heterocycles. The molecule has 2 rings (SSSR count). The van der Waals surface area contributed by atoms with E-state index >= 15 is 0 Å². The lowest BCUT2D eigenvalue weighted by atomic mass is 10.1. The van der Waals surface area contributed by atoms with Crippen LogP contribution in [0.2, 0.25) is 0 Å². The monoisotopic (exact) mass is 323 g/mol. The molecule has 20 heavy (non-hydrogen) atoms. The topological polar surface area (TPSA) is 55.7 Å². The van der Waals surface area contributed by atoms with Gasteiger partial charge in [-0.2, -0.15) is 0 Å². The molecule has 0 fully saturated rings. The summed E-state index contributed by atoms with van der Waals surface area (Å²) in [5, 5.41) is 3.24. The first-order chi connectivity index (χ1) is 9.27. The first-order valence-corrected chi connectivity index (χ1v) is 7.93. The van der Waals surface area contributed by atoms with Gasteiger partial charge < -0.3 is 4.84 Å². The van der Waals surface area contributed by atoms with Crippen molar-refractivity contribution in [2.75, 3.05) is 5.88 Å². The number of nitrogens with zero attached hydrogens (tertiary/aromatic N) is 1. The van der Waals surface area contributed by atoms with E-state index in [1.807, 2.05) is 0 Å². The van der Waals surface area contributed by atoms with Gasteiger partial charge in [-0.3, -0.25) is 0 Å². The Bertz CT molecular complexity index is 642. The molecule has 0 amide bonds. The summed E-state index contributed by atoms with van der Waals surface area (Å²) in [6.45, 7) is 1.61. The molecular formula is C12H12ClF2NO3S. The van der Waals surface area contributed by atoms with Crippen molar-refractivity contribution in [3.63, 3.8) is 0 Å². The molecule has 0 radical (unpaired) electrons. The lowest BCUT2D eigenvalue weighted by Gasteiger charge is -2.16. The summed E-state index contributed by atoms with van der Waals surface area (Å²) in [6, 6.07) is 3.18. The molecule has 0 saturated heterocycles. The Morgan fingerprint density at radius 2 is 2.00 bits per heavy atom. The van der Waals surface area contributed by atoms with Crippen molar-refractivity contribution in [2.45, 2.75) is 24.7 Å². The maximum absolute atomic E-state index is 13.5. The minimum absolute atomic E-state index is 0.0189. The van der Waals surface area contributed by atoms with E-state index in [1.54, 1.807) is 6.92 Å². The molecule has 0 spiro atoms. The largest absolute Gasteiger partial charge is 0.387 e. The van der Waals surface area contributed by atoms with E-state index < -0.39 is 38.4 Å². The predicted octanol–water partition coefficient (Wildman–Crippen LogP) is 2.61. The molecule has 1 unspecified atom stereocenters. The average molecular weight is 324 g/mol. The van der Waals surface area contributed by atoms with Crippen molar-refractivity contribution >= 4 is 26.5 Å². The van der Waals surface area contributed by atoms with Crippen LogP contribution < -0.4 is 0 Å². The van der Waals surface area contributed by atoms with Gasteiger partial charge in [0, 0.05) is 12.0 Å². The minimum Gasteiger partial charge on any atom is -0.387 e. The maximum atomic E-state index is 13.5. The average Bonchev–Trinajstić information content (AvgIpc) is 2.79. The Morgan fingerprint density at radius 3 is 2.50 bits per heavy atom. The quantitative estimate of drug-likeness (QED) is 0.803. The molecule has 0 N–H and O–H groups in total. The zero-order valence-electron chi connectivity index (χ0n) is 10.6. The molecule has 1 atom stereocenters. The minimum atomic E-state index is -3.95. The second-order valence-corrected chi connectivity index (χ2v) is 7.05. The number of rotatable bonds is 3. The Kier molecular flexibility index (Phi) is 4.02. The van der Waals surface area contributed by atoms with Gasteiger partial charge in [0.2, 0.25) is 0 Å². The summed E-state index contributed by atoms with van der Waals surface area (Å²) in [7, 11) is -3.95. The van der Waals surface area contributed by atoms with Crippen LogP contribution in [0.1, 0.15) is 18.9 Å². The van der Waals surface area contributed by atoms with Crippen molar-refractivity contribution in [1.82, 2.24) is 0 Å². The first-order valence-electron chi connectivity index (χ1n) is 5.74. The Labute approximate surface area is 120 Å². The number of oxime groups is 1. The molecule has 1 aromatic rings. The molecule has 1 heterocycles. The third kappa shape index (κ3) is 2.93. The number of halogens is 3. The van der Waals surface area contributed by atoms with Crippen LogP contribution in [0, 0.1) is 11.6 Å². The van der Waals surface area contributed by atoms with Gasteiger partial charge in [-0.15, -0.1) is 11.6 Å². The zero-order chi connectivity index (χ0) is 15.0. The van der Waals surface area contributed by atoms with Gasteiger partial charge in [-0.1, -0.05) is 11.2 Å². The van der Waals surface area contributed by atoms with Crippen molar-refractivity contribution < 1.29 is 22.0 Å². The fourth-order valence-electron chi connectivity index (χ4n) is 1.73. The number of benzene rings is 1. The lowest BCUT2D eigenvalue weighted by Crippen LogP contribution is -2.29. The highest BCUT2D eigenvalue weighted by atomic mass is 35.5. The van der Waals surface area contributed by atoms with Crippen LogP contribution in [-0.2, 0) is 20.4 Å². The van der Waals surface area contributed by atoms with E-state index in [-0.39, 0.29) is 17.3 Å². The highest BCUT2D eigenvalue weighted by molar-refractivity contribution is 8.05. The second-order valence-electron chi connectivity index (χ2n) is 4.80. The van der Waals surface area contributed by atoms with Crippen LogP contribution in [0.15, 0.2) is 23.4 Å². The standard InChI is InChI=1S/C12H12ClF2NO3S/c1-12(7-13)5-11(16-19-12)20(17,18)6-8-9(14)3-2-4-10(8)15/h2-4H,5-7H2,1H3. The van der Waals surface area contributed by atoms with Gasteiger partial charge >= 0.3 is 0 Å². The van der Waals surface area contributed by atoms with Crippen molar-refractivity contribution in [3.05, 3.63) is 35.4 Å². The van der Waals surface area contributed by atoms with Crippen LogP contribution in [0.4, 0.5) is 8.78 Å². The van der Waals surface area contributed by atoms with Crippen LogP contribution in [-0.4, -0.2) is 24.9 Å². The van der Waals surface area contributed by atoms with E-state index in [9.17, 15) is 17.2 Å². The fourth-order valence-corrected chi connectivity index (χ4v) is 3.37. The number of alkyl halides is 1. The van der Waals surface area contributed by atoms with E-state index in [1.165, 1.54) is 6.07 Å². The molecule has 1 aliphatic heterocycles. The van der Waals surface area contributed by atoms with Crippen LogP contribution in [0.25, 0.3) is 0 Å². The first kappa shape index (κ1) is 15.2. The van der Waals surface area contributed by atoms with E-state index in [4.69, 9.17) is 16.4 Å². The molecule has 110 valence electrons. The third-order valence-electron chi connectivity index (χ3n) is 2.93. The van der Waals surface area contributed by atoms with Crippen LogP contribution in [0.3, 0.4) is 0 Å². The van der Waals surface area contributed by atoms with Gasteiger partial charge in [0.1, 0.15) is 11.6 Å². The third-order valence-corrected chi connectivity index (χ3v) is 5.10. The summed E-state index contributed by atoms with van der Waals surface area (Å²) >= 11 is 5.66. The molecule has 8 heteroatoms. The smallest absolute Gasteiger partial charge is 0.199 e. The van der Waals surface area contributed by atoms with Gasteiger partial charge in [-0.25, -0.2) is 17.2 Å². The summed E-state index contributed by atoms with van der Waals surface area (Å²) in [4.78, 5) is 4.98. The number of hydrogen-bond donors (Lipinski definition) is 0. The summed E-state index contributed by atoms with van der Waals surface area (Å²) in [6.07, 6.45) is -0.0189. The fraction of sp³-hybridized carbons (Fsp3) is 0.417. The highest BCUT2D eigenvalue weighted by Crippen LogP contribution is 2.28. The van der Waals surface area contributed by atoms with Gasteiger partial charge in [0.25, 0.3) is 0 Å². The molecule has 1 aromatic carbocycles. The zero-order valence-corrected chi connectivity index (χ0v) is 12.1. The van der Waals surface area contributed by atoms with Crippen LogP contribution in [0.5, 0.6) is 0 Å². The Balaban J connectivity index is 2.26. The molecule has 0 aliphatic carbocycles. The summed E-state index contributed by atoms with van der Waals surface area (Å²) < 4.78 is 51.2. The second kappa shape index (κ2) is 5.29. The number of sulfone groups is 1. The molecular weight excluding hydrogens is 312 g/mol. The van der Waals surface area contributed by atoms with E-state index in [0.717, 1.165) is 12.1 Å². The molecule has 1 aliphatic rings. The van der Waals surface area contributed by atoms with Gasteiger partial charge in [0.05, 0.1) is 11.6 Å². The SMILES string of the molecule is CC1(CCl)CC(S(=O)(=O)Cc2c(F)cccc2F)=NO1. The molecule has 0 bridgehead atoms. The number of hydrogen-bond acceptors (Lipinski definition) is 4. The van der Waals surface area contributed by atoms with Crippen molar-refractivity contribution in [2.24, 2.45) is 5.16 Å². The summed E-state index contributed by atoms with van der Waals surface area (Å²) in [5.74, 6) is -2.56.